The first kappa shape index (κ1) is 11.6. The van der Waals surface area contributed by atoms with Crippen LogP contribution in [0.25, 0.3) is 10.7 Å². The van der Waals surface area contributed by atoms with Crippen molar-refractivity contribution in [2.24, 2.45) is 5.73 Å². The van der Waals surface area contributed by atoms with Crippen molar-refractivity contribution in [3.05, 3.63) is 17.6 Å². The van der Waals surface area contributed by atoms with Crippen LogP contribution in [-0.4, -0.2) is 27.1 Å². The van der Waals surface area contributed by atoms with E-state index in [1.807, 2.05) is 6.26 Å². The van der Waals surface area contributed by atoms with Crippen LogP contribution in [0.3, 0.4) is 0 Å². The third-order valence-corrected chi connectivity index (χ3v) is 3.46. The maximum atomic E-state index is 5.93. The number of nitrogens with two attached hydrogens (primary N) is 1. The van der Waals surface area contributed by atoms with Crippen LogP contribution in [0.5, 0.6) is 0 Å². The minimum absolute atomic E-state index is 0.179. The lowest BCUT2D eigenvalue weighted by Gasteiger charge is -2.03. The molecule has 0 aliphatic carbocycles. The van der Waals surface area contributed by atoms with Crippen LogP contribution in [0.2, 0.25) is 0 Å². The summed E-state index contributed by atoms with van der Waals surface area (Å²) in [6.45, 7) is 0. The van der Waals surface area contributed by atoms with E-state index < -0.39 is 0 Å². The van der Waals surface area contributed by atoms with Crippen LogP contribution in [0.15, 0.2) is 16.2 Å². The SMILES string of the molecule is CSCCC(N)c1nc(-c2cncs2)no1. The van der Waals surface area contributed by atoms with Crippen molar-refractivity contribution in [3.8, 4) is 10.7 Å². The smallest absolute Gasteiger partial charge is 0.243 e. The molecule has 2 aromatic heterocycles. The number of aromatic nitrogens is 3. The van der Waals surface area contributed by atoms with E-state index in [4.69, 9.17) is 10.3 Å². The molecule has 2 N–H and O–H groups in total. The lowest BCUT2D eigenvalue weighted by atomic mass is 10.2. The molecule has 0 radical (unpaired) electrons. The van der Waals surface area contributed by atoms with E-state index in [0.717, 1.165) is 17.1 Å². The molecule has 0 fully saturated rings. The Morgan fingerprint density at radius 2 is 2.50 bits per heavy atom. The molecule has 0 aromatic carbocycles. The van der Waals surface area contributed by atoms with Crippen LogP contribution >= 0.6 is 23.1 Å². The summed E-state index contributed by atoms with van der Waals surface area (Å²) in [6.07, 6.45) is 4.60. The second kappa shape index (κ2) is 5.42. The maximum absolute atomic E-state index is 5.93. The van der Waals surface area contributed by atoms with Crippen molar-refractivity contribution >= 4 is 23.1 Å². The van der Waals surface area contributed by atoms with Crippen molar-refractivity contribution in [1.82, 2.24) is 15.1 Å². The second-order valence-electron chi connectivity index (χ2n) is 3.21. The molecule has 86 valence electrons. The number of hydrogen-bond donors (Lipinski definition) is 1. The Hall–Kier alpha value is -0.920. The average Bonchev–Trinajstić information content (AvgIpc) is 2.94. The highest BCUT2D eigenvalue weighted by atomic mass is 32.2. The van der Waals surface area contributed by atoms with E-state index >= 15 is 0 Å². The zero-order valence-electron chi connectivity index (χ0n) is 8.79. The van der Waals surface area contributed by atoms with E-state index in [-0.39, 0.29) is 6.04 Å². The Balaban J connectivity index is 2.07. The van der Waals surface area contributed by atoms with Crippen molar-refractivity contribution < 1.29 is 4.52 Å². The second-order valence-corrected chi connectivity index (χ2v) is 5.08. The monoisotopic (exact) mass is 256 g/mol. The summed E-state index contributed by atoms with van der Waals surface area (Å²) < 4.78 is 5.13. The van der Waals surface area contributed by atoms with Crippen molar-refractivity contribution in [3.63, 3.8) is 0 Å². The predicted molar refractivity (Wildman–Crippen MR) is 65.3 cm³/mol. The van der Waals surface area contributed by atoms with Gasteiger partial charge in [0.05, 0.1) is 16.4 Å². The first-order valence-electron chi connectivity index (χ1n) is 4.78. The van der Waals surface area contributed by atoms with Gasteiger partial charge in [0.15, 0.2) is 0 Å². The van der Waals surface area contributed by atoms with Crippen molar-refractivity contribution in [2.75, 3.05) is 12.0 Å². The summed E-state index contributed by atoms with van der Waals surface area (Å²) >= 11 is 3.23. The van der Waals surface area contributed by atoms with Gasteiger partial charge in [-0.2, -0.15) is 16.7 Å². The minimum atomic E-state index is -0.179. The molecule has 0 saturated carbocycles. The van der Waals surface area contributed by atoms with Gasteiger partial charge in [-0.15, -0.1) is 11.3 Å². The van der Waals surface area contributed by atoms with Gasteiger partial charge in [-0.1, -0.05) is 5.16 Å². The first-order chi connectivity index (χ1) is 7.81. The summed E-state index contributed by atoms with van der Waals surface area (Å²) in [5.41, 5.74) is 7.66. The van der Waals surface area contributed by atoms with Crippen molar-refractivity contribution in [2.45, 2.75) is 12.5 Å². The van der Waals surface area contributed by atoms with E-state index in [9.17, 15) is 0 Å². The molecular formula is C9H12N4OS2. The van der Waals surface area contributed by atoms with Gasteiger partial charge in [0, 0.05) is 6.20 Å². The van der Waals surface area contributed by atoms with Crippen LogP contribution in [0.4, 0.5) is 0 Å². The fraction of sp³-hybridized carbons (Fsp3) is 0.444. The predicted octanol–water partition coefficient (Wildman–Crippen LogP) is 1.95. The van der Waals surface area contributed by atoms with Gasteiger partial charge in [0.25, 0.3) is 0 Å². The number of nitrogens with zero attached hydrogens (tertiary/aromatic N) is 3. The van der Waals surface area contributed by atoms with E-state index in [2.05, 4.69) is 15.1 Å². The molecule has 1 atom stereocenters. The highest BCUT2D eigenvalue weighted by Gasteiger charge is 2.15. The van der Waals surface area contributed by atoms with E-state index in [1.165, 1.54) is 11.3 Å². The van der Waals surface area contributed by atoms with Crippen LogP contribution in [0.1, 0.15) is 18.4 Å². The number of thiazole rings is 1. The quantitative estimate of drug-likeness (QED) is 0.881. The molecule has 2 rings (SSSR count). The molecule has 16 heavy (non-hydrogen) atoms. The number of hydrogen-bond acceptors (Lipinski definition) is 7. The van der Waals surface area contributed by atoms with Gasteiger partial charge in [-0.05, 0) is 18.4 Å². The molecule has 5 nitrogen and oxygen atoms in total. The Labute approximate surface area is 101 Å². The average molecular weight is 256 g/mol. The highest BCUT2D eigenvalue weighted by molar-refractivity contribution is 7.98. The van der Waals surface area contributed by atoms with Gasteiger partial charge in [-0.25, -0.2) is 0 Å². The largest absolute Gasteiger partial charge is 0.337 e. The molecule has 7 heteroatoms. The third kappa shape index (κ3) is 2.60. The third-order valence-electron chi connectivity index (χ3n) is 2.04. The standard InChI is InChI=1S/C9H12N4OS2/c1-15-3-2-6(10)9-12-8(13-14-9)7-4-11-5-16-7/h4-6H,2-3,10H2,1H3. The number of rotatable bonds is 5. The Morgan fingerprint density at radius 3 is 3.19 bits per heavy atom. The highest BCUT2D eigenvalue weighted by Crippen LogP contribution is 2.22. The van der Waals surface area contributed by atoms with Crippen LogP contribution in [0, 0.1) is 0 Å². The lowest BCUT2D eigenvalue weighted by Crippen LogP contribution is -2.11. The summed E-state index contributed by atoms with van der Waals surface area (Å²) in [6, 6.07) is -0.179. The zero-order chi connectivity index (χ0) is 11.4. The Bertz CT molecular complexity index is 428. The molecule has 0 aliphatic rings. The summed E-state index contributed by atoms with van der Waals surface area (Å²) in [7, 11) is 0. The lowest BCUT2D eigenvalue weighted by molar-refractivity contribution is 0.353. The molecule has 1 unspecified atom stereocenters. The van der Waals surface area contributed by atoms with Gasteiger partial charge < -0.3 is 10.3 Å². The maximum Gasteiger partial charge on any atom is 0.243 e. The molecule has 2 aromatic rings. The fourth-order valence-corrected chi connectivity index (χ4v) is 2.22. The van der Waals surface area contributed by atoms with Crippen molar-refractivity contribution in [1.29, 1.82) is 0 Å². The van der Waals surface area contributed by atoms with Gasteiger partial charge >= 0.3 is 0 Å². The number of thioether (sulfide) groups is 1. The molecule has 0 aliphatic heterocycles. The van der Waals surface area contributed by atoms with Gasteiger partial charge in [-0.3, -0.25) is 4.98 Å². The molecule has 0 spiro atoms. The topological polar surface area (TPSA) is 77.8 Å². The normalized spacial score (nSPS) is 12.9. The summed E-state index contributed by atoms with van der Waals surface area (Å²) in [4.78, 5) is 9.12. The Morgan fingerprint density at radius 1 is 1.62 bits per heavy atom. The molecule has 2 heterocycles. The fourth-order valence-electron chi connectivity index (χ4n) is 1.18. The van der Waals surface area contributed by atoms with Gasteiger partial charge in [0.1, 0.15) is 0 Å². The summed E-state index contributed by atoms with van der Waals surface area (Å²) in [5.74, 6) is 2.05. The van der Waals surface area contributed by atoms with Gasteiger partial charge in [0.2, 0.25) is 11.7 Å². The minimum Gasteiger partial charge on any atom is -0.337 e. The molecule has 0 saturated heterocycles. The Kier molecular flexibility index (Phi) is 3.92. The summed E-state index contributed by atoms with van der Waals surface area (Å²) in [5, 5.41) is 3.89. The molecular weight excluding hydrogens is 244 g/mol. The van der Waals surface area contributed by atoms with Crippen LogP contribution in [-0.2, 0) is 0 Å². The van der Waals surface area contributed by atoms with E-state index in [1.54, 1.807) is 23.5 Å². The molecule has 0 bridgehead atoms. The molecule has 0 amide bonds. The van der Waals surface area contributed by atoms with E-state index in [0.29, 0.717) is 11.7 Å². The van der Waals surface area contributed by atoms with Crippen LogP contribution < -0.4 is 5.73 Å². The zero-order valence-corrected chi connectivity index (χ0v) is 10.4. The first-order valence-corrected chi connectivity index (χ1v) is 7.05.